The Kier molecular flexibility index (Phi) is 7.44. The van der Waals surface area contributed by atoms with Crippen LogP contribution in [-0.4, -0.2) is 53.4 Å². The summed E-state index contributed by atoms with van der Waals surface area (Å²) in [6.07, 6.45) is 8.47. The molecule has 2 amide bonds. The summed E-state index contributed by atoms with van der Waals surface area (Å²) in [6.45, 7) is 0.770. The van der Waals surface area contributed by atoms with Gasteiger partial charge < -0.3 is 10.6 Å². The molecule has 2 aliphatic rings. The highest BCUT2D eigenvalue weighted by molar-refractivity contribution is 7.88. The molecule has 1 aromatic carbocycles. The fourth-order valence-electron chi connectivity index (χ4n) is 4.52. The molecular formula is C23H31N5O4S. The molecule has 10 heteroatoms. The normalized spacial score (nSPS) is 18.3. The van der Waals surface area contributed by atoms with Gasteiger partial charge in [-0.1, -0.05) is 43.2 Å². The maximum atomic E-state index is 12.7. The first-order valence-electron chi connectivity index (χ1n) is 11.5. The lowest BCUT2D eigenvalue weighted by Gasteiger charge is -2.30. The first kappa shape index (κ1) is 23.4. The van der Waals surface area contributed by atoms with E-state index in [0.29, 0.717) is 31.6 Å². The highest BCUT2D eigenvalue weighted by Crippen LogP contribution is 2.23. The summed E-state index contributed by atoms with van der Waals surface area (Å²) in [7, 11) is -3.41. The van der Waals surface area contributed by atoms with Crippen molar-refractivity contribution < 1.29 is 18.0 Å². The molecule has 1 aliphatic heterocycles. The number of piperidine rings is 1. The number of benzene rings is 1. The Balaban J connectivity index is 1.23. The molecule has 1 aromatic heterocycles. The van der Waals surface area contributed by atoms with Crippen molar-refractivity contribution in [3.05, 3.63) is 48.3 Å². The minimum absolute atomic E-state index is 0.0296. The molecule has 0 atom stereocenters. The Labute approximate surface area is 194 Å². The molecule has 0 unspecified atom stereocenters. The molecule has 0 spiro atoms. The van der Waals surface area contributed by atoms with E-state index in [9.17, 15) is 18.0 Å². The lowest BCUT2D eigenvalue weighted by Crippen LogP contribution is -2.41. The zero-order chi connectivity index (χ0) is 23.3. The third-order valence-corrected chi connectivity index (χ3v) is 8.19. The third-order valence-electron chi connectivity index (χ3n) is 6.34. The van der Waals surface area contributed by atoms with Crippen LogP contribution >= 0.6 is 0 Å². The maximum absolute atomic E-state index is 12.7. The van der Waals surface area contributed by atoms with Gasteiger partial charge in [-0.3, -0.25) is 14.3 Å². The largest absolute Gasteiger partial charge is 0.352 e. The maximum Gasteiger partial charge on any atom is 0.241 e. The lowest BCUT2D eigenvalue weighted by atomic mass is 9.97. The lowest BCUT2D eigenvalue weighted by molar-refractivity contribution is -0.122. The van der Waals surface area contributed by atoms with Crippen LogP contribution in [0.2, 0.25) is 0 Å². The van der Waals surface area contributed by atoms with Gasteiger partial charge in [0.25, 0.3) is 0 Å². The van der Waals surface area contributed by atoms with Crippen LogP contribution in [0.1, 0.15) is 44.1 Å². The minimum atomic E-state index is -3.41. The molecule has 1 saturated heterocycles. The topological polar surface area (TPSA) is 113 Å². The van der Waals surface area contributed by atoms with Crippen LogP contribution in [0.25, 0.3) is 0 Å². The summed E-state index contributed by atoms with van der Waals surface area (Å²) < 4.78 is 28.4. The van der Waals surface area contributed by atoms with E-state index in [0.717, 1.165) is 31.2 Å². The number of aromatic nitrogens is 2. The van der Waals surface area contributed by atoms with Crippen molar-refractivity contribution in [2.45, 2.75) is 56.9 Å². The molecule has 2 aromatic rings. The molecule has 0 bridgehead atoms. The summed E-state index contributed by atoms with van der Waals surface area (Å²) >= 11 is 0. The molecule has 2 fully saturated rings. The van der Waals surface area contributed by atoms with Gasteiger partial charge >= 0.3 is 0 Å². The number of hydrogen-bond acceptors (Lipinski definition) is 5. The van der Waals surface area contributed by atoms with Gasteiger partial charge in [0.2, 0.25) is 21.8 Å². The number of rotatable bonds is 8. The van der Waals surface area contributed by atoms with Crippen molar-refractivity contribution in [2.75, 3.05) is 18.4 Å². The van der Waals surface area contributed by atoms with Crippen LogP contribution in [-0.2, 0) is 31.9 Å². The van der Waals surface area contributed by atoms with Gasteiger partial charge in [0, 0.05) is 31.2 Å². The van der Waals surface area contributed by atoms with Gasteiger partial charge in [0.1, 0.15) is 6.54 Å². The Morgan fingerprint density at radius 2 is 1.73 bits per heavy atom. The van der Waals surface area contributed by atoms with Crippen LogP contribution in [0.15, 0.2) is 42.7 Å². The van der Waals surface area contributed by atoms with E-state index in [1.807, 2.05) is 18.2 Å². The van der Waals surface area contributed by atoms with Crippen molar-refractivity contribution in [1.29, 1.82) is 0 Å². The molecule has 2 heterocycles. The number of anilines is 1. The van der Waals surface area contributed by atoms with Crippen LogP contribution in [0.5, 0.6) is 0 Å². The van der Waals surface area contributed by atoms with Crippen LogP contribution in [0.4, 0.5) is 5.69 Å². The molecular weight excluding hydrogens is 442 g/mol. The molecule has 1 saturated carbocycles. The number of carbonyl (C=O) groups is 2. The van der Waals surface area contributed by atoms with Crippen molar-refractivity contribution in [3.63, 3.8) is 0 Å². The fourth-order valence-corrected chi connectivity index (χ4v) is 6.09. The number of carbonyl (C=O) groups excluding carboxylic acids is 2. The van der Waals surface area contributed by atoms with Crippen LogP contribution in [0, 0.1) is 5.92 Å². The second-order valence-corrected chi connectivity index (χ2v) is 10.8. The average molecular weight is 474 g/mol. The number of nitrogens with zero attached hydrogens (tertiary/aromatic N) is 3. The third kappa shape index (κ3) is 6.42. The smallest absolute Gasteiger partial charge is 0.241 e. The molecule has 1 aliphatic carbocycles. The summed E-state index contributed by atoms with van der Waals surface area (Å²) in [5, 5.41) is 10.0. The van der Waals surface area contributed by atoms with Crippen molar-refractivity contribution in [1.82, 2.24) is 19.4 Å². The second-order valence-electron chi connectivity index (χ2n) is 8.88. The monoisotopic (exact) mass is 473 g/mol. The minimum Gasteiger partial charge on any atom is -0.352 e. The number of hydrogen-bond donors (Lipinski definition) is 2. The van der Waals surface area contributed by atoms with E-state index in [4.69, 9.17) is 0 Å². The Morgan fingerprint density at radius 3 is 2.42 bits per heavy atom. The van der Waals surface area contributed by atoms with Gasteiger partial charge in [-0.25, -0.2) is 12.7 Å². The molecule has 0 radical (unpaired) electrons. The van der Waals surface area contributed by atoms with Crippen molar-refractivity contribution in [2.24, 2.45) is 5.92 Å². The summed E-state index contributed by atoms with van der Waals surface area (Å²) in [5.74, 6) is -0.516. The van der Waals surface area contributed by atoms with Crippen LogP contribution < -0.4 is 10.6 Å². The predicted octanol–water partition coefficient (Wildman–Crippen LogP) is 2.12. The summed E-state index contributed by atoms with van der Waals surface area (Å²) in [5.41, 5.74) is 1.29. The summed E-state index contributed by atoms with van der Waals surface area (Å²) in [6, 6.07) is 9.37. The SMILES string of the molecule is O=C(Cn1cc(NC(=O)C2CCN(S(=O)(=O)Cc3ccccc3)CC2)cn1)NC1CCCC1. The molecule has 9 nitrogen and oxygen atoms in total. The standard InChI is InChI=1S/C23H31N5O4S/c29-22(25-20-8-4-5-9-20)16-27-15-21(14-24-27)26-23(30)19-10-12-28(13-11-19)33(31,32)17-18-6-2-1-3-7-18/h1-3,6-7,14-15,19-20H,4-5,8-13,16-17H2,(H,25,29)(H,26,30). The van der Waals surface area contributed by atoms with Gasteiger partial charge in [0.15, 0.2) is 0 Å². The average Bonchev–Trinajstić information content (AvgIpc) is 3.46. The fraction of sp³-hybridized carbons (Fsp3) is 0.522. The number of nitrogens with one attached hydrogen (secondary N) is 2. The number of sulfonamides is 1. The van der Waals surface area contributed by atoms with Crippen molar-refractivity contribution >= 4 is 27.5 Å². The second kappa shape index (κ2) is 10.5. The number of amides is 2. The van der Waals surface area contributed by atoms with Gasteiger partial charge in [-0.2, -0.15) is 5.10 Å². The van der Waals surface area contributed by atoms with Gasteiger partial charge in [-0.05, 0) is 31.2 Å². The van der Waals surface area contributed by atoms with E-state index in [1.165, 1.54) is 15.2 Å². The molecule has 2 N–H and O–H groups in total. The highest BCUT2D eigenvalue weighted by atomic mass is 32.2. The molecule has 4 rings (SSSR count). The Hall–Kier alpha value is -2.72. The first-order chi connectivity index (χ1) is 15.9. The van der Waals surface area contributed by atoms with E-state index in [2.05, 4.69) is 15.7 Å². The first-order valence-corrected chi connectivity index (χ1v) is 13.1. The predicted molar refractivity (Wildman–Crippen MR) is 125 cm³/mol. The van der Waals surface area contributed by atoms with Crippen LogP contribution in [0.3, 0.4) is 0 Å². The van der Waals surface area contributed by atoms with Crippen molar-refractivity contribution in [3.8, 4) is 0 Å². The van der Waals surface area contributed by atoms with E-state index >= 15 is 0 Å². The quantitative estimate of drug-likeness (QED) is 0.610. The Morgan fingerprint density at radius 1 is 1.03 bits per heavy atom. The van der Waals surface area contributed by atoms with Gasteiger partial charge in [-0.15, -0.1) is 0 Å². The Bertz CT molecular complexity index is 1060. The van der Waals surface area contributed by atoms with E-state index in [-0.39, 0.29) is 36.1 Å². The van der Waals surface area contributed by atoms with E-state index in [1.54, 1.807) is 18.3 Å². The molecule has 178 valence electrons. The zero-order valence-electron chi connectivity index (χ0n) is 18.7. The van der Waals surface area contributed by atoms with Gasteiger partial charge in [0.05, 0.1) is 17.6 Å². The molecule has 33 heavy (non-hydrogen) atoms. The van der Waals surface area contributed by atoms with E-state index < -0.39 is 10.0 Å². The highest BCUT2D eigenvalue weighted by Gasteiger charge is 2.31. The zero-order valence-corrected chi connectivity index (χ0v) is 19.5. The summed E-state index contributed by atoms with van der Waals surface area (Å²) in [4.78, 5) is 24.8.